The van der Waals surface area contributed by atoms with Gasteiger partial charge in [-0.15, -0.1) is 0 Å². The number of nitrogens with one attached hydrogen (secondary N) is 1. The molecule has 0 heterocycles. The maximum absolute atomic E-state index is 10.4. The van der Waals surface area contributed by atoms with Gasteiger partial charge in [0, 0.05) is 6.54 Å². The molecule has 10 heavy (non-hydrogen) atoms. The predicted octanol–water partition coefficient (Wildman–Crippen LogP) is -1.43. The van der Waals surface area contributed by atoms with Crippen LogP contribution in [0.3, 0.4) is 0 Å². The molecule has 0 rings (SSSR count). The third kappa shape index (κ3) is 3.85. The van der Waals surface area contributed by atoms with E-state index in [9.17, 15) is 9.59 Å². The molecule has 5 heteroatoms. The van der Waals surface area contributed by atoms with Crippen LogP contribution in [0, 0.1) is 0 Å². The number of ketones is 1. The van der Waals surface area contributed by atoms with E-state index in [1.165, 1.54) is 6.92 Å². The molecule has 5 nitrogen and oxygen atoms in total. The first-order valence-electron chi connectivity index (χ1n) is 2.83. The summed E-state index contributed by atoms with van der Waals surface area (Å²) in [7, 11) is 0. The Hall–Kier alpha value is -1.10. The van der Waals surface area contributed by atoms with Crippen LogP contribution in [0.5, 0.6) is 0 Å². The lowest BCUT2D eigenvalue weighted by Gasteiger charge is -2.06. The Bertz CT molecular complexity index is 146. The first kappa shape index (κ1) is 8.90. The van der Waals surface area contributed by atoms with Gasteiger partial charge in [0.05, 0.1) is 6.04 Å². The molecule has 0 aliphatic carbocycles. The van der Waals surface area contributed by atoms with E-state index in [1.54, 1.807) is 0 Å². The second kappa shape index (κ2) is 3.84. The molecule has 0 saturated carbocycles. The van der Waals surface area contributed by atoms with Crippen LogP contribution in [0.1, 0.15) is 6.92 Å². The summed E-state index contributed by atoms with van der Waals surface area (Å²) in [5, 5.41) is 2.22. The van der Waals surface area contributed by atoms with Crippen molar-refractivity contribution in [3.8, 4) is 0 Å². The molecule has 1 unspecified atom stereocenters. The van der Waals surface area contributed by atoms with Gasteiger partial charge >= 0.3 is 6.03 Å². The smallest absolute Gasteiger partial charge is 0.312 e. The highest BCUT2D eigenvalue weighted by Gasteiger charge is 2.07. The van der Waals surface area contributed by atoms with Crippen LogP contribution in [0.25, 0.3) is 0 Å². The first-order chi connectivity index (χ1) is 4.54. The average molecular weight is 145 g/mol. The van der Waals surface area contributed by atoms with Crippen molar-refractivity contribution in [2.45, 2.75) is 13.0 Å². The van der Waals surface area contributed by atoms with Crippen molar-refractivity contribution in [3.63, 3.8) is 0 Å². The molecule has 0 fully saturated rings. The SMILES string of the molecule is CC(=O)C(N)CNC(N)=O. The lowest BCUT2D eigenvalue weighted by Crippen LogP contribution is -2.43. The van der Waals surface area contributed by atoms with Crippen LogP contribution in [0.4, 0.5) is 4.79 Å². The van der Waals surface area contributed by atoms with Crippen LogP contribution < -0.4 is 16.8 Å². The summed E-state index contributed by atoms with van der Waals surface area (Å²) >= 11 is 0. The quantitative estimate of drug-likeness (QED) is 0.454. The van der Waals surface area contributed by atoms with Crippen LogP contribution in [0.15, 0.2) is 0 Å². The number of carbonyl (C=O) groups is 2. The van der Waals surface area contributed by atoms with Gasteiger partial charge in [-0.1, -0.05) is 0 Å². The van der Waals surface area contributed by atoms with Gasteiger partial charge in [0.1, 0.15) is 5.78 Å². The molecule has 0 aliphatic heterocycles. The predicted molar refractivity (Wildman–Crippen MR) is 36.2 cm³/mol. The molecular weight excluding hydrogens is 134 g/mol. The molecular formula is C5H11N3O2. The zero-order chi connectivity index (χ0) is 8.15. The lowest BCUT2D eigenvalue weighted by atomic mass is 10.2. The molecule has 0 spiro atoms. The standard InChI is InChI=1S/C5H11N3O2/c1-3(9)4(6)2-8-5(7)10/h4H,2,6H2,1H3,(H3,7,8,10). The summed E-state index contributed by atoms with van der Waals surface area (Å²) in [5.74, 6) is -0.172. The van der Waals surface area contributed by atoms with Crippen molar-refractivity contribution in [2.75, 3.05) is 6.54 Å². The van der Waals surface area contributed by atoms with E-state index in [0.29, 0.717) is 0 Å². The minimum atomic E-state index is -0.670. The van der Waals surface area contributed by atoms with Crippen LogP contribution in [-0.2, 0) is 4.79 Å². The van der Waals surface area contributed by atoms with E-state index < -0.39 is 12.1 Å². The van der Waals surface area contributed by atoms with Gasteiger partial charge < -0.3 is 16.8 Å². The van der Waals surface area contributed by atoms with Gasteiger partial charge in [-0.3, -0.25) is 4.79 Å². The Labute approximate surface area is 58.8 Å². The van der Waals surface area contributed by atoms with Gasteiger partial charge in [-0.05, 0) is 6.92 Å². The van der Waals surface area contributed by atoms with Crippen LogP contribution >= 0.6 is 0 Å². The summed E-state index contributed by atoms with van der Waals surface area (Å²) in [6, 6.07) is -1.32. The number of amides is 2. The summed E-state index contributed by atoms with van der Waals surface area (Å²) in [6.45, 7) is 1.46. The number of carbonyl (C=O) groups excluding carboxylic acids is 2. The highest BCUT2D eigenvalue weighted by molar-refractivity contribution is 5.82. The van der Waals surface area contributed by atoms with E-state index in [4.69, 9.17) is 11.5 Å². The number of Topliss-reactive ketones (excluding diaryl/α,β-unsaturated/α-hetero) is 1. The first-order valence-corrected chi connectivity index (χ1v) is 2.83. The number of primary amides is 1. The topological polar surface area (TPSA) is 98.2 Å². The Kier molecular flexibility index (Phi) is 3.42. The maximum atomic E-state index is 10.4. The Balaban J connectivity index is 3.49. The van der Waals surface area contributed by atoms with Crippen molar-refractivity contribution in [1.82, 2.24) is 5.32 Å². The number of urea groups is 1. The third-order valence-electron chi connectivity index (χ3n) is 1.02. The van der Waals surface area contributed by atoms with E-state index in [-0.39, 0.29) is 12.3 Å². The number of hydrogen-bond donors (Lipinski definition) is 3. The lowest BCUT2D eigenvalue weighted by molar-refractivity contribution is -0.118. The minimum absolute atomic E-state index is 0.102. The van der Waals surface area contributed by atoms with Crippen LogP contribution in [0.2, 0.25) is 0 Å². The summed E-state index contributed by atoms with van der Waals surface area (Å²) in [5.41, 5.74) is 9.97. The molecule has 0 aromatic rings. The number of hydrogen-bond acceptors (Lipinski definition) is 3. The fourth-order valence-electron chi connectivity index (χ4n) is 0.354. The average Bonchev–Trinajstić information content (AvgIpc) is 1.82. The molecule has 1 atom stereocenters. The highest BCUT2D eigenvalue weighted by Crippen LogP contribution is 1.76. The van der Waals surface area contributed by atoms with Gasteiger partial charge in [0.15, 0.2) is 0 Å². The van der Waals surface area contributed by atoms with Gasteiger partial charge in [-0.25, -0.2) is 4.79 Å². The Morgan fingerprint density at radius 3 is 2.40 bits per heavy atom. The van der Waals surface area contributed by atoms with E-state index in [1.807, 2.05) is 0 Å². The second-order valence-electron chi connectivity index (χ2n) is 1.96. The molecule has 2 amide bonds. The summed E-state index contributed by atoms with van der Waals surface area (Å²) in [4.78, 5) is 20.5. The van der Waals surface area contributed by atoms with Crippen LogP contribution in [-0.4, -0.2) is 24.4 Å². The van der Waals surface area contributed by atoms with Crippen molar-refractivity contribution in [1.29, 1.82) is 0 Å². The molecule has 0 aliphatic rings. The fraction of sp³-hybridized carbons (Fsp3) is 0.600. The Morgan fingerprint density at radius 2 is 2.10 bits per heavy atom. The zero-order valence-corrected chi connectivity index (χ0v) is 5.76. The number of rotatable bonds is 3. The molecule has 0 aromatic heterocycles. The second-order valence-corrected chi connectivity index (χ2v) is 1.96. The largest absolute Gasteiger partial charge is 0.352 e. The summed E-state index contributed by atoms with van der Waals surface area (Å²) < 4.78 is 0. The van der Waals surface area contributed by atoms with Crippen molar-refractivity contribution in [2.24, 2.45) is 11.5 Å². The Morgan fingerprint density at radius 1 is 1.60 bits per heavy atom. The fourth-order valence-corrected chi connectivity index (χ4v) is 0.354. The molecule has 0 aromatic carbocycles. The maximum Gasteiger partial charge on any atom is 0.312 e. The molecule has 5 N–H and O–H groups in total. The zero-order valence-electron chi connectivity index (χ0n) is 5.76. The van der Waals surface area contributed by atoms with Gasteiger partial charge in [0.2, 0.25) is 0 Å². The monoisotopic (exact) mass is 145 g/mol. The van der Waals surface area contributed by atoms with E-state index in [0.717, 1.165) is 0 Å². The molecule has 58 valence electrons. The van der Waals surface area contributed by atoms with Crippen molar-refractivity contribution >= 4 is 11.8 Å². The van der Waals surface area contributed by atoms with E-state index >= 15 is 0 Å². The van der Waals surface area contributed by atoms with Gasteiger partial charge in [0.25, 0.3) is 0 Å². The highest BCUT2D eigenvalue weighted by atomic mass is 16.2. The molecule has 0 radical (unpaired) electrons. The van der Waals surface area contributed by atoms with Gasteiger partial charge in [-0.2, -0.15) is 0 Å². The number of nitrogens with two attached hydrogens (primary N) is 2. The molecule has 0 saturated heterocycles. The molecule has 0 bridgehead atoms. The normalized spacial score (nSPS) is 12.2. The summed E-state index contributed by atoms with van der Waals surface area (Å²) in [6.07, 6.45) is 0. The third-order valence-corrected chi connectivity index (χ3v) is 1.02. The van der Waals surface area contributed by atoms with Crippen molar-refractivity contribution < 1.29 is 9.59 Å². The minimum Gasteiger partial charge on any atom is -0.352 e. The van der Waals surface area contributed by atoms with Crippen molar-refractivity contribution in [3.05, 3.63) is 0 Å². The van der Waals surface area contributed by atoms with E-state index in [2.05, 4.69) is 5.32 Å².